The summed E-state index contributed by atoms with van der Waals surface area (Å²) in [7, 11) is 0. The predicted octanol–water partition coefficient (Wildman–Crippen LogP) is 3.56. The summed E-state index contributed by atoms with van der Waals surface area (Å²) < 4.78 is 2.21. The number of hydrogen-bond donors (Lipinski definition) is 2. The van der Waals surface area contributed by atoms with Gasteiger partial charge in [-0.15, -0.1) is 0 Å². The van der Waals surface area contributed by atoms with Crippen molar-refractivity contribution in [2.75, 3.05) is 0 Å². The van der Waals surface area contributed by atoms with Crippen LogP contribution in [0, 0.1) is 7.14 Å². The summed E-state index contributed by atoms with van der Waals surface area (Å²) >= 11 is 4.43. The summed E-state index contributed by atoms with van der Waals surface area (Å²) in [5, 5.41) is 7.71. The molecule has 0 aliphatic heterocycles. The zero-order valence-corrected chi connectivity index (χ0v) is 15.6. The average Bonchev–Trinajstić information content (AvgIpc) is 2.47. The second-order valence-electron chi connectivity index (χ2n) is 4.18. The van der Waals surface area contributed by atoms with Gasteiger partial charge < -0.3 is 0 Å². The molecule has 0 spiro atoms. The number of halogens is 2. The van der Waals surface area contributed by atoms with Crippen molar-refractivity contribution < 1.29 is 4.79 Å². The van der Waals surface area contributed by atoms with E-state index in [0.717, 1.165) is 18.3 Å². The number of nitrogens with one attached hydrogen (secondary N) is 2. The summed E-state index contributed by atoms with van der Waals surface area (Å²) in [4.78, 5) is 11.5. The lowest BCUT2D eigenvalue weighted by Gasteiger charge is -1.98. The van der Waals surface area contributed by atoms with Gasteiger partial charge in [0.25, 0.3) is 0 Å². The molecule has 0 aliphatic carbocycles. The molecule has 0 radical (unpaired) electrons. The van der Waals surface area contributed by atoms with E-state index in [1.807, 2.05) is 48.5 Å². The highest BCUT2D eigenvalue weighted by Gasteiger charge is 1.95. The first-order chi connectivity index (χ1) is 10.6. The van der Waals surface area contributed by atoms with E-state index in [9.17, 15) is 4.79 Å². The summed E-state index contributed by atoms with van der Waals surface area (Å²) in [5.41, 5.74) is 6.52. The largest absolute Gasteiger partial charge is 0.355 e. The van der Waals surface area contributed by atoms with Crippen molar-refractivity contribution >= 4 is 63.6 Å². The van der Waals surface area contributed by atoms with Crippen LogP contribution in [0.25, 0.3) is 0 Å². The summed E-state index contributed by atoms with van der Waals surface area (Å²) in [6.07, 6.45) is 3.15. The average molecular weight is 518 g/mol. The van der Waals surface area contributed by atoms with Crippen LogP contribution in [0.3, 0.4) is 0 Å². The quantitative estimate of drug-likeness (QED) is 0.363. The van der Waals surface area contributed by atoms with Crippen LogP contribution in [-0.2, 0) is 0 Å². The number of amides is 2. The van der Waals surface area contributed by atoms with Crippen LogP contribution in [0.15, 0.2) is 58.7 Å². The first-order valence-corrected chi connectivity index (χ1v) is 8.42. The SMILES string of the molecule is O=C(NN=Cc1cccc(I)c1)NN=Cc1cccc(I)c1. The Morgan fingerprint density at radius 2 is 1.32 bits per heavy atom. The zero-order chi connectivity index (χ0) is 15.8. The van der Waals surface area contributed by atoms with Crippen molar-refractivity contribution in [3.05, 3.63) is 66.8 Å². The molecular weight excluding hydrogens is 506 g/mol. The van der Waals surface area contributed by atoms with Crippen molar-refractivity contribution in [1.82, 2.24) is 10.9 Å². The molecule has 0 saturated carbocycles. The maximum atomic E-state index is 11.5. The van der Waals surface area contributed by atoms with Gasteiger partial charge in [-0.2, -0.15) is 10.2 Å². The molecule has 0 atom stereocenters. The van der Waals surface area contributed by atoms with Gasteiger partial charge in [0.2, 0.25) is 0 Å². The Kier molecular flexibility index (Phi) is 6.77. The van der Waals surface area contributed by atoms with E-state index in [2.05, 4.69) is 66.2 Å². The Morgan fingerprint density at radius 1 is 0.864 bits per heavy atom. The molecule has 0 saturated heterocycles. The Bertz CT molecular complexity index is 657. The third-order valence-corrected chi connectivity index (χ3v) is 3.80. The second kappa shape index (κ2) is 8.83. The number of benzene rings is 2. The van der Waals surface area contributed by atoms with Gasteiger partial charge >= 0.3 is 6.03 Å². The summed E-state index contributed by atoms with van der Waals surface area (Å²) in [6.45, 7) is 0. The van der Waals surface area contributed by atoms with E-state index >= 15 is 0 Å². The number of urea groups is 1. The second-order valence-corrected chi connectivity index (χ2v) is 6.67. The molecule has 7 heteroatoms. The van der Waals surface area contributed by atoms with Crippen LogP contribution in [-0.4, -0.2) is 18.5 Å². The molecule has 2 aromatic carbocycles. The number of rotatable bonds is 4. The fraction of sp³-hybridized carbons (Fsp3) is 0. The summed E-state index contributed by atoms with van der Waals surface area (Å²) in [6, 6.07) is 15.0. The van der Waals surface area contributed by atoms with Crippen molar-refractivity contribution in [3.63, 3.8) is 0 Å². The molecule has 22 heavy (non-hydrogen) atoms. The van der Waals surface area contributed by atoms with Crippen molar-refractivity contribution in [3.8, 4) is 0 Å². The Hall–Kier alpha value is -1.49. The van der Waals surface area contributed by atoms with Crippen LogP contribution in [0.4, 0.5) is 4.79 Å². The zero-order valence-electron chi connectivity index (χ0n) is 11.3. The smallest absolute Gasteiger partial charge is 0.245 e. The maximum absolute atomic E-state index is 11.5. The van der Waals surface area contributed by atoms with Crippen molar-refractivity contribution in [1.29, 1.82) is 0 Å². The number of hydrogen-bond acceptors (Lipinski definition) is 3. The normalized spacial score (nSPS) is 11.0. The van der Waals surface area contributed by atoms with Crippen LogP contribution in [0.1, 0.15) is 11.1 Å². The van der Waals surface area contributed by atoms with E-state index in [1.165, 1.54) is 0 Å². The Labute approximate surface area is 155 Å². The lowest BCUT2D eigenvalue weighted by molar-refractivity contribution is 0.242. The topological polar surface area (TPSA) is 65.8 Å². The highest BCUT2D eigenvalue weighted by Crippen LogP contribution is 2.06. The summed E-state index contributed by atoms with van der Waals surface area (Å²) in [5.74, 6) is 0. The molecule has 0 unspecified atom stereocenters. The highest BCUT2D eigenvalue weighted by atomic mass is 127. The molecule has 0 fully saturated rings. The fourth-order valence-electron chi connectivity index (χ4n) is 1.53. The molecule has 2 aromatic rings. The number of hydrazone groups is 2. The minimum absolute atomic E-state index is 0.497. The molecule has 0 heterocycles. The monoisotopic (exact) mass is 518 g/mol. The molecule has 2 amide bonds. The van der Waals surface area contributed by atoms with Crippen molar-refractivity contribution in [2.24, 2.45) is 10.2 Å². The molecule has 5 nitrogen and oxygen atoms in total. The van der Waals surface area contributed by atoms with Gasteiger partial charge in [0.1, 0.15) is 0 Å². The molecule has 0 aromatic heterocycles. The predicted molar refractivity (Wildman–Crippen MR) is 105 cm³/mol. The lowest BCUT2D eigenvalue weighted by atomic mass is 10.2. The Morgan fingerprint density at radius 3 is 1.73 bits per heavy atom. The first kappa shape index (κ1) is 16.9. The third kappa shape index (κ3) is 6.10. The molecule has 2 N–H and O–H groups in total. The van der Waals surface area contributed by atoms with Gasteiger partial charge in [0.15, 0.2) is 0 Å². The number of carbonyl (C=O) groups excluding carboxylic acids is 1. The van der Waals surface area contributed by atoms with Gasteiger partial charge in [0, 0.05) is 7.14 Å². The van der Waals surface area contributed by atoms with E-state index in [0.29, 0.717) is 0 Å². The van der Waals surface area contributed by atoms with E-state index in [1.54, 1.807) is 12.4 Å². The van der Waals surface area contributed by atoms with Gasteiger partial charge in [0.05, 0.1) is 12.4 Å². The Balaban J connectivity index is 1.81. The fourth-order valence-corrected chi connectivity index (χ4v) is 2.66. The van der Waals surface area contributed by atoms with E-state index in [4.69, 9.17) is 0 Å². The highest BCUT2D eigenvalue weighted by molar-refractivity contribution is 14.1. The standard InChI is InChI=1S/C15H12I2N4O/c16-13-5-1-3-11(7-13)9-18-20-15(22)21-19-10-12-4-2-6-14(17)8-12/h1-10H,(H2,20,21,22). The third-order valence-electron chi connectivity index (χ3n) is 2.46. The van der Waals surface area contributed by atoms with Crippen LogP contribution in [0.2, 0.25) is 0 Å². The van der Waals surface area contributed by atoms with Gasteiger partial charge in [-0.1, -0.05) is 24.3 Å². The number of carbonyl (C=O) groups is 1. The van der Waals surface area contributed by atoms with Gasteiger partial charge in [-0.25, -0.2) is 15.6 Å². The molecular formula is C15H12I2N4O. The van der Waals surface area contributed by atoms with Gasteiger partial charge in [-0.05, 0) is 80.6 Å². The number of nitrogens with zero attached hydrogens (tertiary/aromatic N) is 2. The van der Waals surface area contributed by atoms with Crippen LogP contribution < -0.4 is 10.9 Å². The first-order valence-electron chi connectivity index (χ1n) is 6.27. The van der Waals surface area contributed by atoms with Crippen LogP contribution >= 0.6 is 45.2 Å². The van der Waals surface area contributed by atoms with Gasteiger partial charge in [-0.3, -0.25) is 0 Å². The lowest BCUT2D eigenvalue weighted by Crippen LogP contribution is -2.28. The van der Waals surface area contributed by atoms with Crippen molar-refractivity contribution in [2.45, 2.75) is 0 Å². The maximum Gasteiger partial charge on any atom is 0.355 e. The molecule has 112 valence electrons. The minimum atomic E-state index is -0.497. The van der Waals surface area contributed by atoms with Crippen LogP contribution in [0.5, 0.6) is 0 Å². The van der Waals surface area contributed by atoms with E-state index < -0.39 is 6.03 Å². The molecule has 0 bridgehead atoms. The minimum Gasteiger partial charge on any atom is -0.245 e. The van der Waals surface area contributed by atoms with E-state index in [-0.39, 0.29) is 0 Å². The molecule has 2 rings (SSSR count). The molecule has 0 aliphatic rings.